The van der Waals surface area contributed by atoms with Crippen molar-refractivity contribution in [2.45, 2.75) is 39.5 Å². The maximum atomic E-state index is 11.9. The van der Waals surface area contributed by atoms with Crippen LogP contribution >= 0.6 is 0 Å². The predicted octanol–water partition coefficient (Wildman–Crippen LogP) is -2.16. The standard InChI is InChI=1S/C11H16N4O4.Na.H/c1-11(2,3)19-10(18)14-4-5-15-7(6-14)12-13-8(15)9(16)17;;/h4-6H2,1-3H3,(H,16,17);;/q;+1;-1. The van der Waals surface area contributed by atoms with Crippen LogP contribution in [0.15, 0.2) is 0 Å². The van der Waals surface area contributed by atoms with E-state index in [0.717, 1.165) is 0 Å². The molecule has 0 saturated heterocycles. The Morgan fingerprint density at radius 3 is 2.50 bits per heavy atom. The van der Waals surface area contributed by atoms with Crippen LogP contribution in [0.25, 0.3) is 0 Å². The third kappa shape index (κ3) is 3.71. The number of carbonyl (C=O) groups excluding carboxylic acids is 1. The van der Waals surface area contributed by atoms with Crippen LogP contribution in [0.3, 0.4) is 0 Å². The Balaban J connectivity index is 0.00000200. The van der Waals surface area contributed by atoms with Crippen molar-refractivity contribution in [1.82, 2.24) is 19.7 Å². The van der Waals surface area contributed by atoms with Gasteiger partial charge in [0.2, 0.25) is 5.82 Å². The van der Waals surface area contributed by atoms with Crippen LogP contribution in [0.4, 0.5) is 4.79 Å². The SMILES string of the molecule is CC(C)(C)OC(=O)N1CCn2c(nnc2C(=O)O)C1.[H-].[Na+]. The molecule has 0 spiro atoms. The average Bonchev–Trinajstić information content (AvgIpc) is 2.68. The van der Waals surface area contributed by atoms with Crippen LogP contribution in [0, 0.1) is 0 Å². The second-order valence-electron chi connectivity index (χ2n) is 5.30. The van der Waals surface area contributed by atoms with Crippen molar-refractivity contribution in [1.29, 1.82) is 0 Å². The van der Waals surface area contributed by atoms with E-state index in [9.17, 15) is 9.59 Å². The Labute approximate surface area is 139 Å². The molecular formula is C11H17N4NaO4. The van der Waals surface area contributed by atoms with Crippen LogP contribution in [-0.4, -0.2) is 49.0 Å². The summed E-state index contributed by atoms with van der Waals surface area (Å²) in [5.74, 6) is -0.766. The first-order valence-corrected chi connectivity index (χ1v) is 5.91. The largest absolute Gasteiger partial charge is 1.00 e. The van der Waals surface area contributed by atoms with Crippen molar-refractivity contribution < 1.29 is 50.4 Å². The first-order valence-electron chi connectivity index (χ1n) is 5.91. The fraction of sp³-hybridized carbons (Fsp3) is 0.636. The zero-order chi connectivity index (χ0) is 14.2. The molecule has 1 aliphatic heterocycles. The number of ether oxygens (including phenoxy) is 1. The van der Waals surface area contributed by atoms with Gasteiger partial charge in [-0.3, -0.25) is 4.90 Å². The minimum Gasteiger partial charge on any atom is -1.00 e. The smallest absolute Gasteiger partial charge is 1.00 e. The van der Waals surface area contributed by atoms with E-state index in [0.29, 0.717) is 18.9 Å². The molecule has 0 radical (unpaired) electrons. The molecule has 0 bridgehead atoms. The Morgan fingerprint density at radius 2 is 1.95 bits per heavy atom. The number of nitrogens with zero attached hydrogens (tertiary/aromatic N) is 4. The van der Waals surface area contributed by atoms with Gasteiger partial charge in [0, 0.05) is 13.1 Å². The Kier molecular flexibility index (Phi) is 5.17. The van der Waals surface area contributed by atoms with Gasteiger partial charge in [0.05, 0.1) is 6.54 Å². The number of fused-ring (bicyclic) bond motifs is 1. The Hall–Kier alpha value is -1.12. The molecule has 0 fully saturated rings. The van der Waals surface area contributed by atoms with Gasteiger partial charge < -0.3 is 15.8 Å². The Morgan fingerprint density at radius 1 is 1.30 bits per heavy atom. The summed E-state index contributed by atoms with van der Waals surface area (Å²) in [6, 6.07) is 0. The minimum atomic E-state index is -1.12. The van der Waals surface area contributed by atoms with Crippen LogP contribution in [0.2, 0.25) is 0 Å². The minimum absolute atomic E-state index is 0. The number of carboxylic acid groups (broad SMARTS) is 1. The molecular weight excluding hydrogens is 275 g/mol. The predicted molar refractivity (Wildman–Crippen MR) is 64.7 cm³/mol. The Bertz CT molecular complexity index is 529. The van der Waals surface area contributed by atoms with Gasteiger partial charge in [0.1, 0.15) is 5.60 Å². The summed E-state index contributed by atoms with van der Waals surface area (Å²) in [5.41, 5.74) is -0.561. The summed E-state index contributed by atoms with van der Waals surface area (Å²) in [6.07, 6.45) is -0.432. The third-order valence-electron chi connectivity index (χ3n) is 2.60. The molecule has 0 unspecified atom stereocenters. The van der Waals surface area contributed by atoms with Crippen LogP contribution in [0.1, 0.15) is 38.6 Å². The molecule has 1 aromatic heterocycles. The maximum absolute atomic E-state index is 11.9. The van der Waals surface area contributed by atoms with E-state index in [1.807, 2.05) is 0 Å². The van der Waals surface area contributed by atoms with Crippen molar-refractivity contribution in [3.63, 3.8) is 0 Å². The van der Waals surface area contributed by atoms with E-state index in [1.54, 1.807) is 20.8 Å². The fourth-order valence-corrected chi connectivity index (χ4v) is 1.80. The summed E-state index contributed by atoms with van der Waals surface area (Å²) >= 11 is 0. The van der Waals surface area contributed by atoms with Crippen LogP contribution in [0.5, 0.6) is 0 Å². The third-order valence-corrected chi connectivity index (χ3v) is 2.60. The monoisotopic (exact) mass is 292 g/mol. The van der Waals surface area contributed by atoms with Crippen molar-refractivity contribution in [3.05, 3.63) is 11.6 Å². The van der Waals surface area contributed by atoms with Gasteiger partial charge >= 0.3 is 41.6 Å². The number of hydrogen-bond donors (Lipinski definition) is 1. The summed E-state index contributed by atoms with van der Waals surface area (Å²) < 4.78 is 6.76. The molecule has 1 aromatic rings. The molecule has 1 N–H and O–H groups in total. The molecule has 0 atom stereocenters. The fourth-order valence-electron chi connectivity index (χ4n) is 1.80. The molecule has 8 nitrogen and oxygen atoms in total. The molecule has 2 rings (SSSR count). The number of carbonyl (C=O) groups is 2. The van der Waals surface area contributed by atoms with Crippen LogP contribution in [-0.2, 0) is 17.8 Å². The molecule has 20 heavy (non-hydrogen) atoms. The van der Waals surface area contributed by atoms with Gasteiger partial charge in [-0.2, -0.15) is 0 Å². The van der Waals surface area contributed by atoms with Crippen molar-refractivity contribution in [3.8, 4) is 0 Å². The van der Waals surface area contributed by atoms with E-state index in [2.05, 4.69) is 10.2 Å². The van der Waals surface area contributed by atoms with Gasteiger partial charge in [-0.1, -0.05) is 0 Å². The summed E-state index contributed by atoms with van der Waals surface area (Å²) in [7, 11) is 0. The second-order valence-corrected chi connectivity index (χ2v) is 5.30. The quantitative estimate of drug-likeness (QED) is 0.592. The van der Waals surface area contributed by atoms with E-state index >= 15 is 0 Å². The number of hydrogen-bond acceptors (Lipinski definition) is 5. The van der Waals surface area contributed by atoms with E-state index in [1.165, 1.54) is 9.47 Å². The number of amides is 1. The van der Waals surface area contributed by atoms with Gasteiger partial charge in [0.15, 0.2) is 5.82 Å². The molecule has 2 heterocycles. The number of rotatable bonds is 1. The van der Waals surface area contributed by atoms with Crippen molar-refractivity contribution >= 4 is 12.1 Å². The van der Waals surface area contributed by atoms with Crippen LogP contribution < -0.4 is 29.6 Å². The summed E-state index contributed by atoms with van der Waals surface area (Å²) in [4.78, 5) is 24.3. The maximum Gasteiger partial charge on any atom is 1.00 e. The molecule has 9 heteroatoms. The van der Waals surface area contributed by atoms with E-state index < -0.39 is 17.7 Å². The molecule has 0 aromatic carbocycles. The van der Waals surface area contributed by atoms with Gasteiger partial charge in [0.25, 0.3) is 0 Å². The summed E-state index contributed by atoms with van der Waals surface area (Å²) in [5, 5.41) is 16.3. The zero-order valence-electron chi connectivity index (χ0n) is 13.1. The molecule has 0 aliphatic carbocycles. The molecule has 1 amide bonds. The number of aromatic nitrogens is 3. The molecule has 106 valence electrons. The average molecular weight is 292 g/mol. The first-order chi connectivity index (χ1) is 8.78. The molecule has 1 aliphatic rings. The topological polar surface area (TPSA) is 97.5 Å². The van der Waals surface area contributed by atoms with E-state index in [-0.39, 0.29) is 43.4 Å². The molecule has 0 saturated carbocycles. The van der Waals surface area contributed by atoms with Gasteiger partial charge in [-0.15, -0.1) is 10.2 Å². The van der Waals surface area contributed by atoms with Gasteiger partial charge in [-0.05, 0) is 20.8 Å². The zero-order valence-corrected chi connectivity index (χ0v) is 14.1. The van der Waals surface area contributed by atoms with Crippen molar-refractivity contribution in [2.75, 3.05) is 6.54 Å². The van der Waals surface area contributed by atoms with Crippen molar-refractivity contribution in [2.24, 2.45) is 0 Å². The summed E-state index contributed by atoms with van der Waals surface area (Å²) in [6.45, 7) is 6.30. The first kappa shape index (κ1) is 16.9. The van der Waals surface area contributed by atoms with E-state index in [4.69, 9.17) is 9.84 Å². The van der Waals surface area contributed by atoms with Gasteiger partial charge in [-0.25, -0.2) is 9.59 Å². The number of carboxylic acids is 1. The normalized spacial score (nSPS) is 14.2. The number of aromatic carboxylic acids is 1. The second kappa shape index (κ2) is 6.11.